The maximum absolute atomic E-state index is 11.8. The standard InChI is InChI=1S/C16H14N2O2S2/c19-15(18-20-9-12-4-2-1-3-5-12)8-14-11-22-16(17-14)13-6-7-21-10-13/h1-7,10-11H,8-9H2,(H,18,19). The van der Waals surface area contributed by atoms with Crippen molar-refractivity contribution in [1.82, 2.24) is 10.5 Å². The van der Waals surface area contributed by atoms with Crippen LogP contribution in [0, 0.1) is 0 Å². The Morgan fingerprint density at radius 2 is 2.05 bits per heavy atom. The number of amides is 1. The average Bonchev–Trinajstić information content (AvgIpc) is 3.19. The van der Waals surface area contributed by atoms with Crippen LogP contribution in [0.15, 0.2) is 52.5 Å². The van der Waals surface area contributed by atoms with E-state index < -0.39 is 0 Å². The van der Waals surface area contributed by atoms with Gasteiger partial charge in [-0.25, -0.2) is 10.5 Å². The Kier molecular flexibility index (Phi) is 4.95. The predicted octanol–water partition coefficient (Wildman–Crippen LogP) is 3.66. The van der Waals surface area contributed by atoms with Gasteiger partial charge in [0.2, 0.25) is 5.91 Å². The van der Waals surface area contributed by atoms with Gasteiger partial charge in [0.25, 0.3) is 0 Å². The highest BCUT2D eigenvalue weighted by atomic mass is 32.1. The maximum atomic E-state index is 11.8. The first kappa shape index (κ1) is 14.9. The van der Waals surface area contributed by atoms with Crippen LogP contribution in [0.5, 0.6) is 0 Å². The summed E-state index contributed by atoms with van der Waals surface area (Å²) in [4.78, 5) is 21.5. The van der Waals surface area contributed by atoms with Crippen LogP contribution in [0.3, 0.4) is 0 Å². The van der Waals surface area contributed by atoms with E-state index in [4.69, 9.17) is 4.84 Å². The molecule has 0 aliphatic carbocycles. The first-order valence-electron chi connectivity index (χ1n) is 6.73. The third kappa shape index (κ3) is 4.00. The van der Waals surface area contributed by atoms with Gasteiger partial charge in [-0.1, -0.05) is 30.3 Å². The highest BCUT2D eigenvalue weighted by Gasteiger charge is 2.09. The summed E-state index contributed by atoms with van der Waals surface area (Å²) in [5, 5.41) is 6.91. The predicted molar refractivity (Wildman–Crippen MR) is 88.5 cm³/mol. The quantitative estimate of drug-likeness (QED) is 0.702. The number of hydrogen-bond donors (Lipinski definition) is 1. The minimum atomic E-state index is -0.196. The molecule has 1 N–H and O–H groups in total. The number of hydrogen-bond acceptors (Lipinski definition) is 5. The first-order chi connectivity index (χ1) is 10.8. The molecule has 22 heavy (non-hydrogen) atoms. The fourth-order valence-electron chi connectivity index (χ4n) is 1.88. The van der Waals surface area contributed by atoms with Crippen molar-refractivity contribution in [3.05, 3.63) is 63.8 Å². The SMILES string of the molecule is O=C(Cc1csc(-c2ccsc2)n1)NOCc1ccccc1. The fraction of sp³-hybridized carbons (Fsp3) is 0.125. The van der Waals surface area contributed by atoms with Gasteiger partial charge in [0, 0.05) is 16.3 Å². The van der Waals surface area contributed by atoms with E-state index >= 15 is 0 Å². The van der Waals surface area contributed by atoms with Crippen LogP contribution >= 0.6 is 22.7 Å². The molecule has 3 rings (SSSR count). The molecule has 6 heteroatoms. The van der Waals surface area contributed by atoms with E-state index in [1.165, 1.54) is 0 Å². The molecular weight excluding hydrogens is 316 g/mol. The second kappa shape index (κ2) is 7.31. The number of nitrogens with zero attached hydrogens (tertiary/aromatic N) is 1. The van der Waals surface area contributed by atoms with Gasteiger partial charge in [0.15, 0.2) is 0 Å². The zero-order chi connectivity index (χ0) is 15.2. The third-order valence-electron chi connectivity index (χ3n) is 2.93. The molecule has 2 aromatic heterocycles. The molecule has 0 saturated heterocycles. The van der Waals surface area contributed by atoms with E-state index in [1.54, 1.807) is 22.7 Å². The summed E-state index contributed by atoms with van der Waals surface area (Å²) in [6.45, 7) is 0.351. The highest BCUT2D eigenvalue weighted by Crippen LogP contribution is 2.25. The Bertz CT molecular complexity index is 724. The average molecular weight is 330 g/mol. The zero-order valence-electron chi connectivity index (χ0n) is 11.7. The summed E-state index contributed by atoms with van der Waals surface area (Å²) >= 11 is 3.18. The Labute approximate surface area is 136 Å². The number of rotatable bonds is 6. The van der Waals surface area contributed by atoms with E-state index in [9.17, 15) is 4.79 Å². The molecule has 1 amide bonds. The maximum Gasteiger partial charge on any atom is 0.249 e. The van der Waals surface area contributed by atoms with Crippen LogP contribution in [0.1, 0.15) is 11.3 Å². The third-order valence-corrected chi connectivity index (χ3v) is 4.55. The number of carbonyl (C=O) groups excluding carboxylic acids is 1. The van der Waals surface area contributed by atoms with E-state index in [2.05, 4.69) is 10.5 Å². The number of hydroxylamine groups is 1. The lowest BCUT2D eigenvalue weighted by molar-refractivity contribution is -0.133. The molecule has 2 heterocycles. The Morgan fingerprint density at radius 1 is 1.18 bits per heavy atom. The number of carbonyl (C=O) groups is 1. The van der Waals surface area contributed by atoms with Crippen molar-refractivity contribution in [1.29, 1.82) is 0 Å². The number of nitrogens with one attached hydrogen (secondary N) is 1. The first-order valence-corrected chi connectivity index (χ1v) is 8.55. The van der Waals surface area contributed by atoms with E-state index in [0.717, 1.165) is 21.8 Å². The highest BCUT2D eigenvalue weighted by molar-refractivity contribution is 7.14. The van der Waals surface area contributed by atoms with Crippen molar-refractivity contribution in [3.63, 3.8) is 0 Å². The van der Waals surface area contributed by atoms with Crippen molar-refractivity contribution in [2.45, 2.75) is 13.0 Å². The monoisotopic (exact) mass is 330 g/mol. The summed E-state index contributed by atoms with van der Waals surface area (Å²) in [5.41, 5.74) is 5.32. The summed E-state index contributed by atoms with van der Waals surface area (Å²) in [6.07, 6.45) is 0.218. The zero-order valence-corrected chi connectivity index (χ0v) is 13.3. The van der Waals surface area contributed by atoms with Crippen LogP contribution in [0.25, 0.3) is 10.6 Å². The van der Waals surface area contributed by atoms with E-state index in [1.807, 2.05) is 52.5 Å². The lowest BCUT2D eigenvalue weighted by Gasteiger charge is -2.04. The van der Waals surface area contributed by atoms with Crippen molar-refractivity contribution in [3.8, 4) is 10.6 Å². The molecule has 0 radical (unpaired) electrons. The molecule has 0 spiro atoms. The van der Waals surface area contributed by atoms with Gasteiger partial charge in [0.05, 0.1) is 18.7 Å². The number of benzene rings is 1. The van der Waals surface area contributed by atoms with Gasteiger partial charge in [-0.05, 0) is 17.0 Å². The summed E-state index contributed by atoms with van der Waals surface area (Å²) < 4.78 is 0. The minimum absolute atomic E-state index is 0.196. The molecule has 4 nitrogen and oxygen atoms in total. The molecule has 0 bridgehead atoms. The molecule has 0 aliphatic rings. The summed E-state index contributed by atoms with van der Waals surface area (Å²) in [7, 11) is 0. The van der Waals surface area contributed by atoms with Gasteiger partial charge in [-0.15, -0.1) is 11.3 Å². The lowest BCUT2D eigenvalue weighted by Crippen LogP contribution is -2.25. The largest absolute Gasteiger partial charge is 0.272 e. The Hall–Kier alpha value is -2.02. The van der Waals surface area contributed by atoms with Crippen LogP contribution in [0.4, 0.5) is 0 Å². The number of aromatic nitrogens is 1. The normalized spacial score (nSPS) is 10.5. The molecule has 0 fully saturated rings. The van der Waals surface area contributed by atoms with Gasteiger partial charge >= 0.3 is 0 Å². The molecule has 1 aromatic carbocycles. The second-order valence-corrected chi connectivity index (χ2v) is 6.27. The number of thiophene rings is 1. The topological polar surface area (TPSA) is 51.2 Å². The van der Waals surface area contributed by atoms with Crippen molar-refractivity contribution >= 4 is 28.6 Å². The summed E-state index contributed by atoms with van der Waals surface area (Å²) in [5.74, 6) is -0.196. The van der Waals surface area contributed by atoms with E-state index in [0.29, 0.717) is 6.61 Å². The molecule has 0 unspecified atom stereocenters. The smallest absolute Gasteiger partial charge is 0.249 e. The van der Waals surface area contributed by atoms with Crippen molar-refractivity contribution < 1.29 is 9.63 Å². The molecule has 3 aromatic rings. The molecule has 112 valence electrons. The van der Waals surface area contributed by atoms with E-state index in [-0.39, 0.29) is 12.3 Å². The van der Waals surface area contributed by atoms with Crippen LogP contribution in [-0.4, -0.2) is 10.9 Å². The Morgan fingerprint density at radius 3 is 2.82 bits per heavy atom. The van der Waals surface area contributed by atoms with Crippen molar-refractivity contribution in [2.24, 2.45) is 0 Å². The Balaban J connectivity index is 1.48. The molecule has 0 saturated carbocycles. The summed E-state index contributed by atoms with van der Waals surface area (Å²) in [6, 6.07) is 11.7. The number of thiazole rings is 1. The lowest BCUT2D eigenvalue weighted by atomic mass is 10.2. The molecule has 0 aliphatic heterocycles. The van der Waals surface area contributed by atoms with Gasteiger partial charge in [0.1, 0.15) is 5.01 Å². The molecule has 0 atom stereocenters. The van der Waals surface area contributed by atoms with Crippen LogP contribution < -0.4 is 5.48 Å². The van der Waals surface area contributed by atoms with Gasteiger partial charge in [-0.2, -0.15) is 11.3 Å². The second-order valence-electron chi connectivity index (χ2n) is 4.63. The molecular formula is C16H14N2O2S2. The fourth-order valence-corrected chi connectivity index (χ4v) is 3.41. The van der Waals surface area contributed by atoms with Crippen LogP contribution in [-0.2, 0) is 22.7 Å². The van der Waals surface area contributed by atoms with Crippen LogP contribution in [0.2, 0.25) is 0 Å². The van der Waals surface area contributed by atoms with Crippen molar-refractivity contribution in [2.75, 3.05) is 0 Å². The van der Waals surface area contributed by atoms with Gasteiger partial charge < -0.3 is 0 Å². The minimum Gasteiger partial charge on any atom is -0.272 e. The van der Waals surface area contributed by atoms with Gasteiger partial charge in [-0.3, -0.25) is 9.63 Å².